The van der Waals surface area contributed by atoms with Gasteiger partial charge in [-0.05, 0) is 32.0 Å². The average molecular weight is 461 g/mol. The molecule has 0 aliphatic rings. The molecule has 2 aromatic heterocycles. The Kier molecular flexibility index (Phi) is 5.87. The molecule has 0 saturated carbocycles. The van der Waals surface area contributed by atoms with E-state index in [9.17, 15) is 24.5 Å². The van der Waals surface area contributed by atoms with Gasteiger partial charge in [0.25, 0.3) is 23.1 Å². The van der Waals surface area contributed by atoms with Crippen LogP contribution in [0, 0.1) is 10.1 Å². The van der Waals surface area contributed by atoms with Gasteiger partial charge in [0.1, 0.15) is 0 Å². The van der Waals surface area contributed by atoms with Gasteiger partial charge < -0.3 is 0 Å². The highest BCUT2D eigenvalue weighted by Gasteiger charge is 2.19. The minimum Gasteiger partial charge on any atom is -0.267 e. The second-order valence-electron chi connectivity index (χ2n) is 7.59. The molecule has 0 atom stereocenters. The molecule has 34 heavy (non-hydrogen) atoms. The van der Waals surface area contributed by atoms with E-state index in [2.05, 4.69) is 21.0 Å². The lowest BCUT2D eigenvalue weighted by Gasteiger charge is -2.13. The van der Waals surface area contributed by atoms with Gasteiger partial charge in [0, 0.05) is 23.7 Å². The van der Waals surface area contributed by atoms with E-state index >= 15 is 0 Å². The Bertz CT molecular complexity index is 1470. The number of hydrogen-bond donors (Lipinski definition) is 2. The van der Waals surface area contributed by atoms with Crippen molar-refractivity contribution in [2.75, 3.05) is 0 Å². The van der Waals surface area contributed by atoms with Crippen molar-refractivity contribution in [3.8, 4) is 5.69 Å². The maximum Gasteiger partial charge on any atom is 0.290 e. The minimum absolute atomic E-state index is 0.00854. The molecule has 0 unspecified atom stereocenters. The van der Waals surface area contributed by atoms with Crippen LogP contribution in [0.2, 0.25) is 0 Å². The first-order valence-corrected chi connectivity index (χ1v) is 10.2. The first-order chi connectivity index (χ1) is 16.3. The Balaban J connectivity index is 1.51. The molecule has 0 saturated heterocycles. The van der Waals surface area contributed by atoms with E-state index in [1.807, 2.05) is 0 Å². The number of nitro groups is 1. The Hall–Kier alpha value is -4.87. The summed E-state index contributed by atoms with van der Waals surface area (Å²) in [7, 11) is 0. The normalized spacial score (nSPS) is 10.9. The molecule has 2 heterocycles. The van der Waals surface area contributed by atoms with Crippen molar-refractivity contribution in [2.24, 2.45) is 0 Å². The smallest absolute Gasteiger partial charge is 0.267 e. The largest absolute Gasteiger partial charge is 0.290 e. The molecule has 2 amide bonds. The summed E-state index contributed by atoms with van der Waals surface area (Å²) in [6.45, 7) is 3.55. The van der Waals surface area contributed by atoms with Crippen LogP contribution in [0.3, 0.4) is 0 Å². The van der Waals surface area contributed by atoms with Crippen molar-refractivity contribution in [1.82, 2.24) is 30.4 Å². The summed E-state index contributed by atoms with van der Waals surface area (Å²) in [5.41, 5.74) is 4.89. The average Bonchev–Trinajstić information content (AvgIpc) is 3.33. The Morgan fingerprint density at radius 1 is 1.00 bits per heavy atom. The molecule has 0 radical (unpaired) electrons. The summed E-state index contributed by atoms with van der Waals surface area (Å²) in [5.74, 6) is -1.33. The Labute approximate surface area is 191 Å². The number of rotatable bonds is 5. The number of nitrogens with zero attached hydrogens (tertiary/aromatic N) is 5. The van der Waals surface area contributed by atoms with E-state index < -0.39 is 16.7 Å². The van der Waals surface area contributed by atoms with Gasteiger partial charge in [0.15, 0.2) is 5.69 Å². The second kappa shape index (κ2) is 8.94. The lowest BCUT2D eigenvalue weighted by Crippen LogP contribution is -2.42. The number of aromatic nitrogens is 4. The van der Waals surface area contributed by atoms with E-state index in [0.29, 0.717) is 16.5 Å². The fraction of sp³-hybridized carbons (Fsp3) is 0.136. The summed E-state index contributed by atoms with van der Waals surface area (Å²) in [4.78, 5) is 48.2. The van der Waals surface area contributed by atoms with Gasteiger partial charge in [-0.25, -0.2) is 9.36 Å². The highest BCUT2D eigenvalue weighted by Crippen LogP contribution is 2.16. The molecule has 0 spiro atoms. The summed E-state index contributed by atoms with van der Waals surface area (Å²) >= 11 is 0. The third kappa shape index (κ3) is 4.24. The maximum atomic E-state index is 12.8. The van der Waals surface area contributed by atoms with Gasteiger partial charge in [-0.3, -0.25) is 35.3 Å². The van der Waals surface area contributed by atoms with Crippen LogP contribution in [0.5, 0.6) is 0 Å². The third-order valence-corrected chi connectivity index (χ3v) is 4.99. The molecular formula is C22H19N7O5. The summed E-state index contributed by atoms with van der Waals surface area (Å²) in [5, 5.41) is 19.8. The van der Waals surface area contributed by atoms with Crippen molar-refractivity contribution in [3.05, 3.63) is 92.7 Å². The number of nitro benzene ring substituents is 1. The van der Waals surface area contributed by atoms with Crippen molar-refractivity contribution in [2.45, 2.75) is 19.9 Å². The molecule has 0 aliphatic heterocycles. The van der Waals surface area contributed by atoms with E-state index in [4.69, 9.17) is 0 Å². The molecule has 172 valence electrons. The second-order valence-corrected chi connectivity index (χ2v) is 7.59. The van der Waals surface area contributed by atoms with Crippen LogP contribution >= 0.6 is 0 Å². The Morgan fingerprint density at radius 3 is 2.29 bits per heavy atom. The topological polar surface area (TPSA) is 154 Å². The summed E-state index contributed by atoms with van der Waals surface area (Å²) in [6.07, 6.45) is 2.70. The lowest BCUT2D eigenvalue weighted by molar-refractivity contribution is -0.384. The molecular weight excluding hydrogens is 442 g/mol. The predicted molar refractivity (Wildman–Crippen MR) is 122 cm³/mol. The van der Waals surface area contributed by atoms with Crippen LogP contribution in [0.25, 0.3) is 16.5 Å². The number of benzene rings is 2. The number of hydrazine groups is 1. The van der Waals surface area contributed by atoms with Gasteiger partial charge in [0.2, 0.25) is 0 Å². The van der Waals surface area contributed by atoms with Crippen LogP contribution in [-0.2, 0) is 0 Å². The quantitative estimate of drug-likeness (QED) is 0.341. The number of nitrogens with one attached hydrogen (secondary N) is 2. The van der Waals surface area contributed by atoms with Crippen molar-refractivity contribution in [3.63, 3.8) is 0 Å². The monoisotopic (exact) mass is 461 g/mol. The molecule has 4 rings (SSSR count). The number of non-ortho nitro benzene ring substituents is 1. The first kappa shape index (κ1) is 22.3. The number of carbonyl (C=O) groups is 2. The molecule has 0 fully saturated rings. The molecule has 2 N–H and O–H groups in total. The van der Waals surface area contributed by atoms with E-state index in [0.717, 1.165) is 0 Å². The molecule has 12 heteroatoms. The van der Waals surface area contributed by atoms with Crippen LogP contribution < -0.4 is 16.4 Å². The van der Waals surface area contributed by atoms with Gasteiger partial charge in [-0.1, -0.05) is 18.2 Å². The summed E-state index contributed by atoms with van der Waals surface area (Å²) < 4.78 is 2.58. The number of fused-ring (bicyclic) bond motifs is 1. The lowest BCUT2D eigenvalue weighted by atomic mass is 10.1. The Morgan fingerprint density at radius 2 is 1.65 bits per heavy atom. The zero-order valence-corrected chi connectivity index (χ0v) is 18.1. The first-order valence-electron chi connectivity index (χ1n) is 10.2. The maximum absolute atomic E-state index is 12.8. The van der Waals surface area contributed by atoms with Gasteiger partial charge >= 0.3 is 0 Å². The fourth-order valence-corrected chi connectivity index (χ4v) is 3.28. The number of amides is 2. The van der Waals surface area contributed by atoms with Crippen LogP contribution in [0.4, 0.5) is 5.69 Å². The van der Waals surface area contributed by atoms with Gasteiger partial charge in [-0.15, -0.1) is 0 Å². The molecule has 0 bridgehead atoms. The highest BCUT2D eigenvalue weighted by molar-refractivity contribution is 6.06. The number of hydrogen-bond acceptors (Lipinski definition) is 7. The van der Waals surface area contributed by atoms with Gasteiger partial charge in [0.05, 0.1) is 33.8 Å². The third-order valence-electron chi connectivity index (χ3n) is 4.99. The SMILES string of the molecule is CC(C)n1nc(C(=O)NNC(=O)c2cnn(-c3ccc([N+](=O)[O-])cc3)c2)c2ccccc2c1=O. The standard InChI is InChI=1S/C22H19N7O5/c1-13(2)28-22(32)18-6-4-3-5-17(18)19(26-28)21(31)25-24-20(30)14-11-23-27(12-14)15-7-9-16(10-8-15)29(33)34/h3-13H,1-2H3,(H,24,30)(H,25,31). The van der Waals surface area contributed by atoms with Crippen LogP contribution in [0.15, 0.2) is 65.7 Å². The molecule has 4 aromatic rings. The zero-order chi connectivity index (χ0) is 24.4. The van der Waals surface area contributed by atoms with Crippen LogP contribution in [-0.4, -0.2) is 36.3 Å². The summed E-state index contributed by atoms with van der Waals surface area (Å²) in [6, 6.07) is 12.0. The minimum atomic E-state index is -0.693. The van der Waals surface area contributed by atoms with Crippen LogP contribution in [0.1, 0.15) is 40.7 Å². The highest BCUT2D eigenvalue weighted by atomic mass is 16.6. The van der Waals surface area contributed by atoms with E-state index in [-0.39, 0.29) is 28.5 Å². The molecule has 2 aromatic carbocycles. The fourth-order valence-electron chi connectivity index (χ4n) is 3.28. The number of carbonyl (C=O) groups excluding carboxylic acids is 2. The van der Waals surface area contributed by atoms with Gasteiger partial charge in [-0.2, -0.15) is 10.2 Å². The van der Waals surface area contributed by atoms with Crippen molar-refractivity contribution in [1.29, 1.82) is 0 Å². The van der Waals surface area contributed by atoms with E-state index in [1.54, 1.807) is 38.1 Å². The van der Waals surface area contributed by atoms with Crippen molar-refractivity contribution >= 4 is 28.3 Å². The molecule has 12 nitrogen and oxygen atoms in total. The zero-order valence-electron chi connectivity index (χ0n) is 18.1. The predicted octanol–water partition coefficient (Wildman–Crippen LogP) is 2.15. The van der Waals surface area contributed by atoms with E-state index in [1.165, 1.54) is 46.0 Å². The molecule has 0 aliphatic carbocycles. The van der Waals surface area contributed by atoms with Crippen molar-refractivity contribution < 1.29 is 14.5 Å².